The van der Waals surface area contributed by atoms with Crippen LogP contribution in [0, 0.1) is 3.57 Å². The number of hydrogen-bond donors (Lipinski definition) is 1. The first kappa shape index (κ1) is 22.8. The van der Waals surface area contributed by atoms with Gasteiger partial charge in [-0.3, -0.25) is 4.79 Å². The molecule has 10 heteroatoms. The number of amides is 1. The summed E-state index contributed by atoms with van der Waals surface area (Å²) in [7, 11) is 0. The number of nitrogens with zero attached hydrogens (tertiary/aromatic N) is 1. The number of hydrazone groups is 1. The van der Waals surface area contributed by atoms with E-state index >= 15 is 0 Å². The number of halogens is 3. The van der Waals surface area contributed by atoms with Crippen molar-refractivity contribution >= 4 is 83.5 Å². The number of carbonyl (C=O) groups is 2. The third-order valence-electron chi connectivity index (χ3n) is 3.75. The predicted molar refractivity (Wildman–Crippen MR) is 128 cm³/mol. The van der Waals surface area contributed by atoms with Crippen LogP contribution in [0.3, 0.4) is 0 Å². The quantitative estimate of drug-likeness (QED) is 0.163. The van der Waals surface area contributed by atoms with Gasteiger partial charge in [0.05, 0.1) is 20.9 Å². The summed E-state index contributed by atoms with van der Waals surface area (Å²) in [5, 5.41) is 4.79. The molecule has 0 aliphatic carbocycles. The number of nitrogens with one attached hydrogen (secondary N) is 1. The fourth-order valence-electron chi connectivity index (χ4n) is 2.46. The van der Waals surface area contributed by atoms with Gasteiger partial charge >= 0.3 is 11.9 Å². The molecule has 0 aliphatic heterocycles. The molecule has 1 aromatic heterocycles. The van der Waals surface area contributed by atoms with Crippen LogP contribution in [0.15, 0.2) is 54.9 Å². The van der Waals surface area contributed by atoms with Crippen molar-refractivity contribution in [2.45, 2.75) is 6.92 Å². The number of ether oxygens (including phenoxy) is 2. The van der Waals surface area contributed by atoms with E-state index in [0.29, 0.717) is 28.0 Å². The van der Waals surface area contributed by atoms with Gasteiger partial charge in [0, 0.05) is 9.86 Å². The van der Waals surface area contributed by atoms with E-state index in [-0.39, 0.29) is 12.4 Å². The van der Waals surface area contributed by atoms with Crippen molar-refractivity contribution in [3.8, 4) is 5.75 Å². The summed E-state index contributed by atoms with van der Waals surface area (Å²) >= 11 is 8.96. The topological polar surface area (TPSA) is 90.1 Å². The SMILES string of the molecule is CCOC(=O)COc1ccc(/C=N\NC(=O)c2cc3cc(Br)cc(I)c3o2)cc1Br. The molecule has 0 bridgehead atoms. The average Bonchev–Trinajstić information content (AvgIpc) is 3.12. The Morgan fingerprint density at radius 2 is 2.03 bits per heavy atom. The molecule has 0 unspecified atom stereocenters. The van der Waals surface area contributed by atoms with E-state index in [2.05, 4.69) is 65.0 Å². The van der Waals surface area contributed by atoms with Crippen LogP contribution < -0.4 is 10.2 Å². The second kappa shape index (κ2) is 10.4. The lowest BCUT2D eigenvalue weighted by molar-refractivity contribution is -0.145. The van der Waals surface area contributed by atoms with Crippen LogP contribution in [-0.2, 0) is 9.53 Å². The highest BCUT2D eigenvalue weighted by Gasteiger charge is 2.14. The Labute approximate surface area is 202 Å². The molecule has 156 valence electrons. The van der Waals surface area contributed by atoms with Gasteiger partial charge in [0.15, 0.2) is 12.4 Å². The highest BCUT2D eigenvalue weighted by Crippen LogP contribution is 2.28. The monoisotopic (exact) mass is 648 g/mol. The summed E-state index contributed by atoms with van der Waals surface area (Å²) in [6.07, 6.45) is 1.49. The lowest BCUT2D eigenvalue weighted by atomic mass is 10.2. The van der Waals surface area contributed by atoms with Crippen molar-refractivity contribution in [1.82, 2.24) is 5.43 Å². The molecule has 1 heterocycles. The Kier molecular flexibility index (Phi) is 7.89. The molecule has 2 aromatic carbocycles. The van der Waals surface area contributed by atoms with Crippen molar-refractivity contribution in [3.05, 3.63) is 60.2 Å². The maximum atomic E-state index is 12.3. The second-order valence-electron chi connectivity index (χ2n) is 5.90. The van der Waals surface area contributed by atoms with Crippen molar-refractivity contribution in [1.29, 1.82) is 0 Å². The van der Waals surface area contributed by atoms with Gasteiger partial charge in [-0.1, -0.05) is 15.9 Å². The van der Waals surface area contributed by atoms with Crippen LogP contribution in [0.1, 0.15) is 23.0 Å². The van der Waals surface area contributed by atoms with Gasteiger partial charge in [0.1, 0.15) is 11.3 Å². The van der Waals surface area contributed by atoms with Crippen molar-refractivity contribution in [3.63, 3.8) is 0 Å². The van der Waals surface area contributed by atoms with E-state index in [1.54, 1.807) is 31.2 Å². The third kappa shape index (κ3) is 5.82. The van der Waals surface area contributed by atoms with Gasteiger partial charge in [-0.15, -0.1) is 0 Å². The molecule has 0 saturated heterocycles. The number of esters is 1. The summed E-state index contributed by atoms with van der Waals surface area (Å²) in [6, 6.07) is 10.6. The largest absolute Gasteiger partial charge is 0.481 e. The number of hydrogen-bond acceptors (Lipinski definition) is 6. The lowest BCUT2D eigenvalue weighted by Gasteiger charge is -2.08. The van der Waals surface area contributed by atoms with Gasteiger partial charge in [-0.05, 0) is 87.4 Å². The standard InChI is InChI=1S/C20H15Br2IN2O5/c1-2-28-18(26)10-29-16-4-3-11(5-14(16)22)9-24-25-20(27)17-7-12-6-13(21)8-15(23)19(12)30-17/h3-9H,2,10H2,1H3,(H,25,27)/b24-9-. The molecule has 7 nitrogen and oxygen atoms in total. The molecular formula is C20H15Br2IN2O5. The van der Waals surface area contributed by atoms with Crippen molar-refractivity contribution in [2.75, 3.05) is 13.2 Å². The Morgan fingerprint density at radius 3 is 2.77 bits per heavy atom. The summed E-state index contributed by atoms with van der Waals surface area (Å²) in [4.78, 5) is 23.7. The Balaban J connectivity index is 1.62. The third-order valence-corrected chi connectivity index (χ3v) is 5.62. The Hall–Kier alpha value is -1.92. The van der Waals surface area contributed by atoms with E-state index in [9.17, 15) is 9.59 Å². The summed E-state index contributed by atoms with van der Waals surface area (Å²) in [5.74, 6) is -0.234. The first-order valence-electron chi connectivity index (χ1n) is 8.67. The summed E-state index contributed by atoms with van der Waals surface area (Å²) in [6.45, 7) is 1.85. The van der Waals surface area contributed by atoms with E-state index < -0.39 is 11.9 Å². The minimum atomic E-state index is -0.456. The molecule has 30 heavy (non-hydrogen) atoms. The van der Waals surface area contributed by atoms with Crippen LogP contribution in [0.5, 0.6) is 5.75 Å². The maximum Gasteiger partial charge on any atom is 0.344 e. The van der Waals surface area contributed by atoms with Crippen LogP contribution >= 0.6 is 54.5 Å². The fourth-order valence-corrected chi connectivity index (χ4v) is 4.63. The minimum Gasteiger partial charge on any atom is -0.481 e. The number of carbonyl (C=O) groups excluding carboxylic acids is 2. The molecule has 0 fully saturated rings. The number of furan rings is 1. The van der Waals surface area contributed by atoms with Crippen LogP contribution in [0.4, 0.5) is 0 Å². The molecule has 0 aliphatic rings. The average molecular weight is 650 g/mol. The van der Waals surface area contributed by atoms with E-state index in [1.165, 1.54) is 6.21 Å². The lowest BCUT2D eigenvalue weighted by Crippen LogP contribution is -2.16. The highest BCUT2D eigenvalue weighted by molar-refractivity contribution is 14.1. The van der Waals surface area contributed by atoms with Gasteiger partial charge in [-0.2, -0.15) is 5.10 Å². The molecule has 1 N–H and O–H groups in total. The van der Waals surface area contributed by atoms with E-state index in [1.807, 2.05) is 12.1 Å². The van der Waals surface area contributed by atoms with Gasteiger partial charge in [0.2, 0.25) is 0 Å². The van der Waals surface area contributed by atoms with Crippen LogP contribution in [0.2, 0.25) is 0 Å². The smallest absolute Gasteiger partial charge is 0.344 e. The van der Waals surface area contributed by atoms with Crippen molar-refractivity contribution < 1.29 is 23.5 Å². The second-order valence-corrected chi connectivity index (χ2v) is 8.83. The fraction of sp³-hybridized carbons (Fsp3) is 0.150. The maximum absolute atomic E-state index is 12.3. The molecule has 0 radical (unpaired) electrons. The molecule has 3 aromatic rings. The Morgan fingerprint density at radius 1 is 1.23 bits per heavy atom. The molecule has 1 amide bonds. The number of rotatable bonds is 7. The van der Waals surface area contributed by atoms with Gasteiger partial charge in [-0.25, -0.2) is 10.2 Å². The first-order chi connectivity index (χ1) is 14.4. The molecule has 0 saturated carbocycles. The van der Waals surface area contributed by atoms with Crippen molar-refractivity contribution in [2.24, 2.45) is 5.10 Å². The van der Waals surface area contributed by atoms with Crippen LogP contribution in [-0.4, -0.2) is 31.3 Å². The van der Waals surface area contributed by atoms with Gasteiger partial charge < -0.3 is 13.9 Å². The normalized spacial score (nSPS) is 11.1. The first-order valence-corrected chi connectivity index (χ1v) is 11.3. The summed E-state index contributed by atoms with van der Waals surface area (Å²) < 4.78 is 18.3. The van der Waals surface area contributed by atoms with Gasteiger partial charge in [0.25, 0.3) is 0 Å². The molecule has 0 spiro atoms. The molecule has 3 rings (SSSR count). The zero-order valence-corrected chi connectivity index (χ0v) is 20.9. The zero-order valence-electron chi connectivity index (χ0n) is 15.6. The number of fused-ring (bicyclic) bond motifs is 1. The molecule has 0 atom stereocenters. The van der Waals surface area contributed by atoms with Crippen LogP contribution in [0.25, 0.3) is 11.0 Å². The minimum absolute atomic E-state index is 0.169. The highest BCUT2D eigenvalue weighted by atomic mass is 127. The summed E-state index contributed by atoms with van der Waals surface area (Å²) in [5.41, 5.74) is 3.81. The zero-order chi connectivity index (χ0) is 21.7. The number of benzene rings is 2. The Bertz CT molecular complexity index is 1130. The predicted octanol–water partition coefficient (Wildman–Crippen LogP) is 5.27. The molecular weight excluding hydrogens is 635 g/mol. The van der Waals surface area contributed by atoms with E-state index in [0.717, 1.165) is 13.4 Å². The van der Waals surface area contributed by atoms with E-state index in [4.69, 9.17) is 13.9 Å².